The molecule has 2 N–H and O–H groups in total. The third-order valence-corrected chi connectivity index (χ3v) is 4.10. The van der Waals surface area contributed by atoms with Gasteiger partial charge in [-0.3, -0.25) is 14.9 Å². The number of hydrogen-bond acceptors (Lipinski definition) is 4. The number of carbonyl (C=O) groups is 1. The Hall–Kier alpha value is -1.91. The number of nitrogens with one attached hydrogen (secondary N) is 2. The Morgan fingerprint density at radius 1 is 1.35 bits per heavy atom. The Balaban J connectivity index is 0.00000338. The van der Waals surface area contributed by atoms with E-state index in [9.17, 15) is 14.9 Å². The first-order chi connectivity index (χ1) is 12.0. The number of carbonyl (C=O) groups excluding carboxylic acids is 1. The quantitative estimate of drug-likeness (QED) is 0.216. The van der Waals surface area contributed by atoms with Gasteiger partial charge in [0.05, 0.1) is 11.5 Å². The topological polar surface area (TPSA) is 99.9 Å². The molecule has 1 atom stereocenters. The molecule has 1 unspecified atom stereocenters. The number of rotatable bonds is 6. The molecule has 0 spiro atoms. The van der Waals surface area contributed by atoms with Gasteiger partial charge in [0.1, 0.15) is 0 Å². The van der Waals surface area contributed by atoms with Crippen LogP contribution in [-0.2, 0) is 11.3 Å². The average molecular weight is 475 g/mol. The third-order valence-electron chi connectivity index (χ3n) is 4.10. The zero-order chi connectivity index (χ0) is 18.2. The van der Waals surface area contributed by atoms with E-state index in [0.717, 1.165) is 25.1 Å². The standard InChI is InChI=1S/C17H25N5O3.HI/c1-3-16(23)21-10-9-14(12-21)20-17(18-4-2)19-11-13-5-7-15(8-6-13)22(24)25;/h5-8,14H,3-4,9-12H2,1-2H3,(H2,18,19,20);1H. The number of nitro groups is 1. The first kappa shape index (κ1) is 22.1. The van der Waals surface area contributed by atoms with E-state index >= 15 is 0 Å². The molecule has 1 aliphatic heterocycles. The lowest BCUT2D eigenvalue weighted by atomic mass is 10.2. The molecule has 1 heterocycles. The van der Waals surface area contributed by atoms with Crippen LogP contribution in [0.25, 0.3) is 0 Å². The van der Waals surface area contributed by atoms with Crippen molar-refractivity contribution < 1.29 is 9.72 Å². The Labute approximate surface area is 170 Å². The highest BCUT2D eigenvalue weighted by atomic mass is 127. The van der Waals surface area contributed by atoms with Crippen molar-refractivity contribution in [3.8, 4) is 0 Å². The summed E-state index contributed by atoms with van der Waals surface area (Å²) in [5, 5.41) is 17.2. The van der Waals surface area contributed by atoms with Gasteiger partial charge in [0.2, 0.25) is 5.91 Å². The van der Waals surface area contributed by atoms with E-state index in [2.05, 4.69) is 15.6 Å². The molecule has 144 valence electrons. The van der Waals surface area contributed by atoms with E-state index in [4.69, 9.17) is 0 Å². The summed E-state index contributed by atoms with van der Waals surface area (Å²) in [5.74, 6) is 0.869. The zero-order valence-corrected chi connectivity index (χ0v) is 17.4. The number of nitro benzene ring substituents is 1. The Kier molecular flexibility index (Phi) is 9.31. The largest absolute Gasteiger partial charge is 0.357 e. The minimum Gasteiger partial charge on any atom is -0.357 e. The van der Waals surface area contributed by atoms with Gasteiger partial charge in [0.15, 0.2) is 5.96 Å². The summed E-state index contributed by atoms with van der Waals surface area (Å²) in [5.41, 5.74) is 0.974. The van der Waals surface area contributed by atoms with E-state index in [1.54, 1.807) is 12.1 Å². The van der Waals surface area contributed by atoms with Crippen molar-refractivity contribution in [1.29, 1.82) is 0 Å². The van der Waals surface area contributed by atoms with E-state index in [1.807, 2.05) is 18.7 Å². The molecule has 0 saturated carbocycles. The number of amides is 1. The fourth-order valence-corrected chi connectivity index (χ4v) is 2.74. The summed E-state index contributed by atoms with van der Waals surface area (Å²) in [6.45, 7) is 6.48. The van der Waals surface area contributed by atoms with Gasteiger partial charge in [-0.1, -0.05) is 19.1 Å². The molecule has 9 heteroatoms. The highest BCUT2D eigenvalue weighted by Crippen LogP contribution is 2.13. The summed E-state index contributed by atoms with van der Waals surface area (Å²) in [6, 6.07) is 6.57. The summed E-state index contributed by atoms with van der Waals surface area (Å²) in [6.07, 6.45) is 1.43. The lowest BCUT2D eigenvalue weighted by Gasteiger charge is -2.18. The number of non-ortho nitro benzene ring substituents is 1. The van der Waals surface area contributed by atoms with E-state index in [0.29, 0.717) is 25.5 Å². The predicted molar refractivity (Wildman–Crippen MR) is 112 cm³/mol. The maximum Gasteiger partial charge on any atom is 0.269 e. The smallest absolute Gasteiger partial charge is 0.269 e. The Bertz CT molecular complexity index is 636. The van der Waals surface area contributed by atoms with Crippen molar-refractivity contribution in [2.45, 2.75) is 39.3 Å². The van der Waals surface area contributed by atoms with Gasteiger partial charge >= 0.3 is 0 Å². The number of guanidine groups is 1. The summed E-state index contributed by atoms with van der Waals surface area (Å²) < 4.78 is 0. The van der Waals surface area contributed by atoms with Crippen LogP contribution >= 0.6 is 24.0 Å². The first-order valence-electron chi connectivity index (χ1n) is 8.59. The highest BCUT2D eigenvalue weighted by molar-refractivity contribution is 14.0. The summed E-state index contributed by atoms with van der Waals surface area (Å²) in [4.78, 5) is 28.4. The maximum atomic E-state index is 11.8. The second-order valence-corrected chi connectivity index (χ2v) is 5.94. The van der Waals surface area contributed by atoms with E-state index < -0.39 is 4.92 Å². The van der Waals surface area contributed by atoms with Crippen molar-refractivity contribution in [1.82, 2.24) is 15.5 Å². The van der Waals surface area contributed by atoms with Gasteiger partial charge in [-0.2, -0.15) is 0 Å². The molecule has 26 heavy (non-hydrogen) atoms. The molecule has 0 bridgehead atoms. The number of halogens is 1. The molecule has 0 aromatic heterocycles. The zero-order valence-electron chi connectivity index (χ0n) is 15.1. The monoisotopic (exact) mass is 475 g/mol. The first-order valence-corrected chi connectivity index (χ1v) is 8.59. The molecule has 1 aromatic carbocycles. The maximum absolute atomic E-state index is 11.8. The minimum absolute atomic E-state index is 0. The predicted octanol–water partition coefficient (Wildman–Crippen LogP) is 2.28. The number of benzene rings is 1. The van der Waals surface area contributed by atoms with Gasteiger partial charge in [-0.05, 0) is 18.9 Å². The van der Waals surface area contributed by atoms with Crippen LogP contribution in [0.15, 0.2) is 29.3 Å². The van der Waals surface area contributed by atoms with Crippen LogP contribution in [0.1, 0.15) is 32.3 Å². The summed E-state index contributed by atoms with van der Waals surface area (Å²) in [7, 11) is 0. The molecular weight excluding hydrogens is 449 g/mol. The minimum atomic E-state index is -0.415. The molecule has 1 saturated heterocycles. The Morgan fingerprint density at radius 2 is 2.04 bits per heavy atom. The van der Waals surface area contributed by atoms with Gasteiger partial charge in [-0.25, -0.2) is 4.99 Å². The second-order valence-electron chi connectivity index (χ2n) is 5.94. The molecule has 0 radical (unpaired) electrons. The van der Waals surface area contributed by atoms with Crippen molar-refractivity contribution in [3.05, 3.63) is 39.9 Å². The number of likely N-dealkylation sites (tertiary alicyclic amines) is 1. The van der Waals surface area contributed by atoms with Crippen LogP contribution in [0, 0.1) is 10.1 Å². The van der Waals surface area contributed by atoms with Crippen molar-refractivity contribution >= 4 is 41.5 Å². The van der Waals surface area contributed by atoms with Crippen LogP contribution in [-0.4, -0.2) is 47.4 Å². The number of nitrogens with zero attached hydrogens (tertiary/aromatic N) is 3. The SMILES string of the molecule is CCNC(=NCc1ccc([N+](=O)[O-])cc1)NC1CCN(C(=O)CC)C1.I. The van der Waals surface area contributed by atoms with Crippen molar-refractivity contribution in [3.63, 3.8) is 0 Å². The van der Waals surface area contributed by atoms with Gasteiger partial charge in [0.25, 0.3) is 5.69 Å². The van der Waals surface area contributed by atoms with Gasteiger partial charge in [0, 0.05) is 44.2 Å². The van der Waals surface area contributed by atoms with Crippen LogP contribution in [0.3, 0.4) is 0 Å². The van der Waals surface area contributed by atoms with Crippen LogP contribution in [0.5, 0.6) is 0 Å². The van der Waals surface area contributed by atoms with Crippen LogP contribution < -0.4 is 10.6 Å². The van der Waals surface area contributed by atoms with Crippen molar-refractivity contribution in [2.75, 3.05) is 19.6 Å². The fourth-order valence-electron chi connectivity index (χ4n) is 2.74. The molecule has 1 aliphatic rings. The van der Waals surface area contributed by atoms with Crippen LogP contribution in [0.2, 0.25) is 0 Å². The average Bonchev–Trinajstić information content (AvgIpc) is 3.08. The fraction of sp³-hybridized carbons (Fsp3) is 0.529. The third kappa shape index (κ3) is 6.43. The molecule has 8 nitrogen and oxygen atoms in total. The van der Waals surface area contributed by atoms with Crippen LogP contribution in [0.4, 0.5) is 5.69 Å². The van der Waals surface area contributed by atoms with Crippen molar-refractivity contribution in [2.24, 2.45) is 4.99 Å². The lowest BCUT2D eigenvalue weighted by Crippen LogP contribution is -2.45. The molecule has 1 aromatic rings. The normalized spacial score (nSPS) is 16.8. The lowest BCUT2D eigenvalue weighted by molar-refractivity contribution is -0.384. The Morgan fingerprint density at radius 3 is 2.62 bits per heavy atom. The highest BCUT2D eigenvalue weighted by Gasteiger charge is 2.25. The number of hydrogen-bond donors (Lipinski definition) is 2. The molecule has 1 fully saturated rings. The molecule has 2 rings (SSSR count). The van der Waals surface area contributed by atoms with Gasteiger partial charge < -0.3 is 15.5 Å². The van der Waals surface area contributed by atoms with Gasteiger partial charge in [-0.15, -0.1) is 24.0 Å². The molecular formula is C17H26IN5O3. The molecule has 1 amide bonds. The van der Waals surface area contributed by atoms with E-state index in [1.165, 1.54) is 12.1 Å². The van der Waals surface area contributed by atoms with E-state index in [-0.39, 0.29) is 41.6 Å². The summed E-state index contributed by atoms with van der Waals surface area (Å²) >= 11 is 0. The molecule has 0 aliphatic carbocycles. The second kappa shape index (κ2) is 10.9. The number of aliphatic imine (C=N–C) groups is 1.